The van der Waals surface area contributed by atoms with E-state index in [-0.39, 0.29) is 23.6 Å². The van der Waals surface area contributed by atoms with Gasteiger partial charge in [-0.2, -0.15) is 0 Å². The lowest BCUT2D eigenvalue weighted by atomic mass is 10.0. The SMILES string of the molecule is CC1CN(CCOc2ccc3c(c2)C(Nc2ccc(F)c(Cl)c2)N=CN3OCC2CCOCC2)CC(=O)O1. The van der Waals surface area contributed by atoms with E-state index in [1.807, 2.05) is 30.0 Å². The number of aliphatic imine (C=N–C) groups is 1. The third-order valence-corrected chi connectivity index (χ3v) is 7.03. The van der Waals surface area contributed by atoms with Crippen molar-refractivity contribution in [3.63, 3.8) is 0 Å². The van der Waals surface area contributed by atoms with E-state index in [0.29, 0.717) is 43.7 Å². The van der Waals surface area contributed by atoms with Crippen molar-refractivity contribution in [3.8, 4) is 5.75 Å². The summed E-state index contributed by atoms with van der Waals surface area (Å²) in [4.78, 5) is 24.5. The van der Waals surface area contributed by atoms with Crippen LogP contribution in [0.2, 0.25) is 5.02 Å². The van der Waals surface area contributed by atoms with Crippen LogP contribution in [0, 0.1) is 11.7 Å². The molecule has 2 fully saturated rings. The molecule has 5 rings (SSSR count). The summed E-state index contributed by atoms with van der Waals surface area (Å²) >= 11 is 5.99. The standard InChI is InChI=1S/C27H32ClFN4O5/c1-18-14-32(15-26(34)38-18)8-11-36-21-3-5-25-22(13-21)27(31-20-2-4-24(29)23(28)12-20)30-17-33(25)37-16-19-6-9-35-10-7-19/h2-5,12-13,17-19,27,31H,6-11,14-16H2,1H3. The maximum absolute atomic E-state index is 13.7. The second-order valence-electron chi connectivity index (χ2n) is 9.72. The van der Waals surface area contributed by atoms with Gasteiger partial charge in [0.2, 0.25) is 0 Å². The van der Waals surface area contributed by atoms with Crippen LogP contribution in [-0.2, 0) is 19.1 Å². The van der Waals surface area contributed by atoms with Crippen LogP contribution in [0.1, 0.15) is 31.5 Å². The summed E-state index contributed by atoms with van der Waals surface area (Å²) in [5, 5.41) is 5.03. The van der Waals surface area contributed by atoms with Gasteiger partial charge in [0.25, 0.3) is 0 Å². The summed E-state index contributed by atoms with van der Waals surface area (Å²) in [5.41, 5.74) is 2.31. The van der Waals surface area contributed by atoms with Gasteiger partial charge < -0.3 is 19.5 Å². The van der Waals surface area contributed by atoms with Crippen LogP contribution in [0.5, 0.6) is 5.75 Å². The highest BCUT2D eigenvalue weighted by Gasteiger charge is 2.26. The summed E-state index contributed by atoms with van der Waals surface area (Å²) < 4.78 is 30.4. The predicted octanol–water partition coefficient (Wildman–Crippen LogP) is 4.42. The minimum absolute atomic E-state index is 0.0319. The van der Waals surface area contributed by atoms with Crippen LogP contribution in [-0.4, -0.2) is 69.4 Å². The molecule has 3 heterocycles. The average Bonchev–Trinajstić information content (AvgIpc) is 2.90. The third-order valence-electron chi connectivity index (χ3n) is 6.74. The van der Waals surface area contributed by atoms with Crippen molar-refractivity contribution in [3.05, 3.63) is 52.8 Å². The highest BCUT2D eigenvalue weighted by atomic mass is 35.5. The molecule has 3 aliphatic heterocycles. The Labute approximate surface area is 226 Å². The van der Waals surface area contributed by atoms with E-state index in [1.165, 1.54) is 12.1 Å². The van der Waals surface area contributed by atoms with Crippen molar-refractivity contribution in [2.75, 3.05) is 56.4 Å². The van der Waals surface area contributed by atoms with Gasteiger partial charge in [0.1, 0.15) is 36.8 Å². The van der Waals surface area contributed by atoms with Crippen molar-refractivity contribution >= 4 is 35.3 Å². The molecule has 38 heavy (non-hydrogen) atoms. The smallest absolute Gasteiger partial charge is 0.320 e. The number of fused-ring (bicyclic) bond motifs is 1. The third kappa shape index (κ3) is 6.74. The normalized spacial score (nSPS) is 22.2. The molecule has 0 aromatic heterocycles. The second kappa shape index (κ2) is 12.3. The Morgan fingerprint density at radius 1 is 1.21 bits per heavy atom. The van der Waals surface area contributed by atoms with Gasteiger partial charge in [0.15, 0.2) is 0 Å². The number of nitrogens with zero attached hydrogens (tertiary/aromatic N) is 3. The summed E-state index contributed by atoms with van der Waals surface area (Å²) in [7, 11) is 0. The van der Waals surface area contributed by atoms with Gasteiger partial charge >= 0.3 is 5.97 Å². The number of hydroxylamine groups is 1. The van der Waals surface area contributed by atoms with E-state index in [1.54, 1.807) is 17.5 Å². The quantitative estimate of drug-likeness (QED) is 0.463. The number of ether oxygens (including phenoxy) is 3. The van der Waals surface area contributed by atoms with Gasteiger partial charge in [-0.3, -0.25) is 14.5 Å². The molecular formula is C27H32ClFN4O5. The molecule has 9 nitrogen and oxygen atoms in total. The number of esters is 1. The fraction of sp³-hybridized carbons (Fsp3) is 0.481. The van der Waals surface area contributed by atoms with Crippen molar-refractivity contribution in [2.45, 2.75) is 32.0 Å². The first kappa shape index (κ1) is 26.7. The van der Waals surface area contributed by atoms with Crippen LogP contribution in [0.3, 0.4) is 0 Å². The van der Waals surface area contributed by atoms with E-state index in [9.17, 15) is 9.18 Å². The molecule has 0 saturated carbocycles. The molecule has 1 N–H and O–H groups in total. The molecule has 204 valence electrons. The number of halogens is 2. The number of hydrogen-bond acceptors (Lipinski definition) is 9. The summed E-state index contributed by atoms with van der Waals surface area (Å²) in [5.74, 6) is 0.396. The van der Waals surface area contributed by atoms with Gasteiger partial charge in [0.05, 0.1) is 23.9 Å². The summed E-state index contributed by atoms with van der Waals surface area (Å²) in [6, 6.07) is 10.2. The van der Waals surface area contributed by atoms with Crippen LogP contribution in [0.4, 0.5) is 15.8 Å². The molecule has 0 amide bonds. The molecule has 3 aliphatic rings. The first-order chi connectivity index (χ1) is 18.4. The molecule has 0 aliphatic carbocycles. The zero-order chi connectivity index (χ0) is 26.5. The van der Waals surface area contributed by atoms with E-state index >= 15 is 0 Å². The number of benzene rings is 2. The summed E-state index contributed by atoms with van der Waals surface area (Å²) in [6.07, 6.45) is 3.00. The van der Waals surface area contributed by atoms with Crippen LogP contribution in [0.15, 0.2) is 41.4 Å². The Bertz CT molecular complexity index is 1160. The number of carbonyl (C=O) groups excluding carboxylic acids is 1. The van der Waals surface area contributed by atoms with Crippen LogP contribution < -0.4 is 15.1 Å². The highest BCUT2D eigenvalue weighted by molar-refractivity contribution is 6.31. The first-order valence-electron chi connectivity index (χ1n) is 12.9. The highest BCUT2D eigenvalue weighted by Crippen LogP contribution is 2.36. The predicted molar refractivity (Wildman–Crippen MR) is 142 cm³/mol. The lowest BCUT2D eigenvalue weighted by Crippen LogP contribution is -2.45. The number of carbonyl (C=O) groups is 1. The Kier molecular flexibility index (Phi) is 8.63. The van der Waals surface area contributed by atoms with Gasteiger partial charge in [-0.15, -0.1) is 0 Å². The largest absolute Gasteiger partial charge is 0.492 e. The molecule has 2 unspecified atom stereocenters. The summed E-state index contributed by atoms with van der Waals surface area (Å²) in [6.45, 7) is 5.91. The van der Waals surface area contributed by atoms with Crippen LogP contribution >= 0.6 is 11.6 Å². The Hall–Kier alpha value is -2.92. The van der Waals surface area contributed by atoms with Crippen molar-refractivity contribution < 1.29 is 28.2 Å². The number of cyclic esters (lactones) is 1. The van der Waals surface area contributed by atoms with Gasteiger partial charge in [0, 0.05) is 37.6 Å². The number of morpholine rings is 1. The molecule has 2 atom stereocenters. The molecule has 2 aromatic rings. The van der Waals surface area contributed by atoms with E-state index in [0.717, 1.165) is 37.3 Å². The molecule has 0 bridgehead atoms. The number of anilines is 2. The molecule has 0 spiro atoms. The van der Waals surface area contributed by atoms with Crippen LogP contribution in [0.25, 0.3) is 0 Å². The zero-order valence-electron chi connectivity index (χ0n) is 21.3. The molecule has 2 aromatic carbocycles. The topological polar surface area (TPSA) is 84.9 Å². The van der Waals surface area contributed by atoms with Gasteiger partial charge in [-0.25, -0.2) is 14.4 Å². The molecular weight excluding hydrogens is 515 g/mol. The molecule has 2 saturated heterocycles. The lowest BCUT2D eigenvalue weighted by molar-refractivity contribution is -0.157. The van der Waals surface area contributed by atoms with Crippen molar-refractivity contribution in [1.29, 1.82) is 0 Å². The lowest BCUT2D eigenvalue weighted by Gasteiger charge is -2.32. The van der Waals surface area contributed by atoms with Crippen molar-refractivity contribution in [2.24, 2.45) is 10.9 Å². The Morgan fingerprint density at radius 3 is 2.84 bits per heavy atom. The van der Waals surface area contributed by atoms with Crippen molar-refractivity contribution in [1.82, 2.24) is 4.90 Å². The average molecular weight is 547 g/mol. The fourth-order valence-electron chi connectivity index (χ4n) is 4.74. The number of rotatable bonds is 9. The number of hydrogen-bond donors (Lipinski definition) is 1. The maximum Gasteiger partial charge on any atom is 0.320 e. The first-order valence-corrected chi connectivity index (χ1v) is 13.3. The van der Waals surface area contributed by atoms with Gasteiger partial charge in [-0.1, -0.05) is 11.6 Å². The Morgan fingerprint density at radius 2 is 2.05 bits per heavy atom. The molecule has 11 heteroatoms. The van der Waals surface area contributed by atoms with E-state index < -0.39 is 12.0 Å². The monoisotopic (exact) mass is 546 g/mol. The molecule has 0 radical (unpaired) electrons. The Balaban J connectivity index is 1.29. The number of nitrogens with one attached hydrogen (secondary N) is 1. The second-order valence-corrected chi connectivity index (χ2v) is 10.1. The maximum atomic E-state index is 13.7. The van der Waals surface area contributed by atoms with Gasteiger partial charge in [-0.05, 0) is 62.1 Å². The fourth-order valence-corrected chi connectivity index (χ4v) is 4.93. The minimum Gasteiger partial charge on any atom is -0.492 e. The van der Waals surface area contributed by atoms with E-state index in [4.69, 9.17) is 30.6 Å². The minimum atomic E-state index is -0.482. The zero-order valence-corrected chi connectivity index (χ0v) is 22.0. The van der Waals surface area contributed by atoms with E-state index in [2.05, 4.69) is 10.3 Å².